The predicted octanol–water partition coefficient (Wildman–Crippen LogP) is 3.33. The van der Waals surface area contributed by atoms with Crippen molar-refractivity contribution < 1.29 is 17.6 Å². The molecule has 1 aliphatic rings. The number of halogens is 1. The Morgan fingerprint density at radius 2 is 1.96 bits per heavy atom. The summed E-state index contributed by atoms with van der Waals surface area (Å²) in [6.07, 6.45) is 6.67. The predicted molar refractivity (Wildman–Crippen MR) is 105 cm³/mol. The van der Waals surface area contributed by atoms with E-state index in [1.807, 2.05) is 6.07 Å². The van der Waals surface area contributed by atoms with E-state index in [2.05, 4.69) is 15.2 Å². The first-order chi connectivity index (χ1) is 13.5. The highest BCUT2D eigenvalue weighted by Gasteiger charge is 2.22. The molecule has 1 aromatic carbocycles. The fraction of sp³-hybridized carbons (Fsp3) is 0.263. The van der Waals surface area contributed by atoms with Gasteiger partial charge in [0.2, 0.25) is 0 Å². The van der Waals surface area contributed by atoms with E-state index in [0.29, 0.717) is 4.88 Å². The van der Waals surface area contributed by atoms with Crippen molar-refractivity contribution in [3.8, 4) is 0 Å². The van der Waals surface area contributed by atoms with E-state index in [4.69, 9.17) is 0 Å². The van der Waals surface area contributed by atoms with Crippen LogP contribution in [0, 0.1) is 5.82 Å². The van der Waals surface area contributed by atoms with Gasteiger partial charge in [-0.05, 0) is 61.6 Å². The summed E-state index contributed by atoms with van der Waals surface area (Å²) < 4.78 is 39.2. The molecule has 0 aliphatic heterocycles. The summed E-state index contributed by atoms with van der Waals surface area (Å²) >= 11 is 1.40. The van der Waals surface area contributed by atoms with Gasteiger partial charge in [-0.3, -0.25) is 15.2 Å². The molecule has 0 radical (unpaired) electrons. The second kappa shape index (κ2) is 7.57. The molecule has 0 fully saturated rings. The van der Waals surface area contributed by atoms with Gasteiger partial charge in [0.25, 0.3) is 15.9 Å². The van der Waals surface area contributed by atoms with Gasteiger partial charge in [0.15, 0.2) is 0 Å². The van der Waals surface area contributed by atoms with Crippen LogP contribution in [0.5, 0.6) is 0 Å². The van der Waals surface area contributed by atoms with E-state index >= 15 is 0 Å². The monoisotopic (exact) mass is 419 g/mol. The Bertz CT molecular complexity index is 1130. The van der Waals surface area contributed by atoms with Crippen molar-refractivity contribution in [3.05, 3.63) is 57.7 Å². The first-order valence-electron chi connectivity index (χ1n) is 8.93. The second-order valence-corrected chi connectivity index (χ2v) is 9.41. The zero-order valence-corrected chi connectivity index (χ0v) is 16.5. The van der Waals surface area contributed by atoms with E-state index < -0.39 is 21.7 Å². The van der Waals surface area contributed by atoms with Crippen LogP contribution in [0.15, 0.2) is 41.4 Å². The van der Waals surface area contributed by atoms with Crippen molar-refractivity contribution in [1.29, 1.82) is 0 Å². The SMILES string of the molecule is O=C(NNS(=O)(=O)c1ccc(F)c2ncccc12)c1cc2c(s1)CCCCC2. The molecule has 28 heavy (non-hydrogen) atoms. The highest BCUT2D eigenvalue weighted by Crippen LogP contribution is 2.29. The van der Waals surface area contributed by atoms with Crippen molar-refractivity contribution in [2.75, 3.05) is 0 Å². The summed E-state index contributed by atoms with van der Waals surface area (Å²) in [5.74, 6) is -1.12. The molecule has 0 bridgehead atoms. The molecule has 4 rings (SSSR count). The molecule has 0 atom stereocenters. The van der Waals surface area contributed by atoms with Crippen LogP contribution in [0.1, 0.15) is 39.4 Å². The van der Waals surface area contributed by atoms with Gasteiger partial charge >= 0.3 is 0 Å². The number of nitrogens with zero attached hydrogens (tertiary/aromatic N) is 1. The lowest BCUT2D eigenvalue weighted by Gasteiger charge is -2.10. The topological polar surface area (TPSA) is 88.2 Å². The Morgan fingerprint density at radius 1 is 1.14 bits per heavy atom. The Balaban J connectivity index is 1.55. The minimum Gasteiger partial charge on any atom is -0.273 e. The van der Waals surface area contributed by atoms with Crippen LogP contribution in [0.4, 0.5) is 4.39 Å². The zero-order chi connectivity index (χ0) is 19.7. The van der Waals surface area contributed by atoms with Crippen LogP contribution in [0.2, 0.25) is 0 Å². The number of thiophene rings is 1. The number of rotatable bonds is 4. The number of sulfonamides is 1. The Labute approximate surface area is 165 Å². The molecule has 0 spiro atoms. The van der Waals surface area contributed by atoms with Gasteiger partial charge in [-0.25, -0.2) is 12.8 Å². The molecular weight excluding hydrogens is 401 g/mol. The summed E-state index contributed by atoms with van der Waals surface area (Å²) in [5, 5.41) is 0.145. The largest absolute Gasteiger partial charge is 0.276 e. The Kier molecular flexibility index (Phi) is 5.13. The number of hydrogen-bond donors (Lipinski definition) is 2. The van der Waals surface area contributed by atoms with E-state index in [9.17, 15) is 17.6 Å². The first-order valence-corrected chi connectivity index (χ1v) is 11.2. The fourth-order valence-corrected chi connectivity index (χ4v) is 5.54. The molecule has 0 saturated carbocycles. The summed E-state index contributed by atoms with van der Waals surface area (Å²) in [6, 6.07) is 7.03. The summed E-state index contributed by atoms with van der Waals surface area (Å²) in [4.78, 5) is 20.0. The molecule has 0 unspecified atom stereocenters. The molecule has 3 aromatic rings. The van der Waals surface area contributed by atoms with Gasteiger partial charge < -0.3 is 0 Å². The van der Waals surface area contributed by atoms with Gasteiger partial charge in [0.05, 0.1) is 9.77 Å². The number of hydrazine groups is 1. The van der Waals surface area contributed by atoms with Gasteiger partial charge in [-0.2, -0.15) is 0 Å². The molecule has 6 nitrogen and oxygen atoms in total. The minimum atomic E-state index is -4.10. The van der Waals surface area contributed by atoms with Crippen molar-refractivity contribution in [3.63, 3.8) is 0 Å². The van der Waals surface area contributed by atoms with E-state index in [1.54, 1.807) is 0 Å². The van der Waals surface area contributed by atoms with Crippen molar-refractivity contribution in [2.24, 2.45) is 0 Å². The molecule has 2 aromatic heterocycles. The maximum absolute atomic E-state index is 13.9. The number of aromatic nitrogens is 1. The normalized spacial score (nSPS) is 14.5. The van der Waals surface area contributed by atoms with Gasteiger partial charge in [0, 0.05) is 16.5 Å². The van der Waals surface area contributed by atoms with Crippen molar-refractivity contribution in [2.45, 2.75) is 37.0 Å². The number of pyridine rings is 1. The molecule has 1 aliphatic carbocycles. The van der Waals surface area contributed by atoms with Crippen molar-refractivity contribution in [1.82, 2.24) is 15.2 Å². The third-order valence-corrected chi connectivity index (χ3v) is 7.28. The number of nitrogens with one attached hydrogen (secondary N) is 2. The quantitative estimate of drug-likeness (QED) is 0.502. The minimum absolute atomic E-state index is 0.0429. The fourth-order valence-electron chi connectivity index (χ4n) is 3.36. The third-order valence-electron chi connectivity index (χ3n) is 4.74. The number of hydrogen-bond acceptors (Lipinski definition) is 5. The average molecular weight is 420 g/mol. The van der Waals surface area contributed by atoms with Gasteiger partial charge in [0.1, 0.15) is 11.3 Å². The zero-order valence-electron chi connectivity index (χ0n) is 14.9. The van der Waals surface area contributed by atoms with Gasteiger partial charge in [-0.1, -0.05) is 6.42 Å². The number of fused-ring (bicyclic) bond motifs is 2. The summed E-state index contributed by atoms with van der Waals surface area (Å²) in [7, 11) is -4.10. The second-order valence-electron chi connectivity index (χ2n) is 6.62. The maximum Gasteiger partial charge on any atom is 0.276 e. The Morgan fingerprint density at radius 3 is 2.82 bits per heavy atom. The Hall–Kier alpha value is -2.36. The number of carbonyl (C=O) groups excluding carboxylic acids is 1. The number of carbonyl (C=O) groups is 1. The molecule has 1 amide bonds. The van der Waals surface area contributed by atoms with Crippen molar-refractivity contribution >= 4 is 38.2 Å². The number of benzene rings is 1. The molecule has 0 saturated heterocycles. The molecule has 2 N–H and O–H groups in total. The number of amides is 1. The first kappa shape index (κ1) is 19.0. The molecular formula is C19H18FN3O3S2. The van der Waals surface area contributed by atoms with Gasteiger partial charge in [-0.15, -0.1) is 16.2 Å². The highest BCUT2D eigenvalue weighted by molar-refractivity contribution is 7.89. The van der Waals surface area contributed by atoms with Crippen LogP contribution in [0.25, 0.3) is 10.9 Å². The smallest absolute Gasteiger partial charge is 0.273 e. The lowest BCUT2D eigenvalue weighted by molar-refractivity contribution is 0.0949. The van der Waals surface area contributed by atoms with Crippen LogP contribution in [0.3, 0.4) is 0 Å². The maximum atomic E-state index is 13.9. The van der Waals surface area contributed by atoms with Crippen LogP contribution < -0.4 is 10.3 Å². The molecule has 2 heterocycles. The van der Waals surface area contributed by atoms with Crippen LogP contribution >= 0.6 is 11.3 Å². The summed E-state index contributed by atoms with van der Waals surface area (Å²) in [6.45, 7) is 0. The van der Waals surface area contributed by atoms with Crippen LogP contribution in [-0.4, -0.2) is 19.3 Å². The van der Waals surface area contributed by atoms with E-state index in [0.717, 1.165) is 37.8 Å². The lowest BCUT2D eigenvalue weighted by atomic mass is 10.1. The summed E-state index contributed by atoms with van der Waals surface area (Å²) in [5.41, 5.74) is 3.39. The lowest BCUT2D eigenvalue weighted by Crippen LogP contribution is -2.41. The van der Waals surface area contributed by atoms with E-state index in [1.165, 1.54) is 46.5 Å². The molecule has 146 valence electrons. The standard InChI is InChI=1S/C19H18FN3O3S2/c20-14-8-9-17(13-6-4-10-21-18(13)14)28(25,26)23-22-19(24)16-11-12-5-2-1-3-7-15(12)27-16/h4,6,8-11,23H,1-3,5,7H2,(H,22,24). The van der Waals surface area contributed by atoms with E-state index in [-0.39, 0.29) is 15.8 Å². The number of aryl methyl sites for hydroxylation is 2. The average Bonchev–Trinajstić information content (AvgIpc) is 2.97. The highest BCUT2D eigenvalue weighted by atomic mass is 32.2. The van der Waals surface area contributed by atoms with Crippen LogP contribution in [-0.2, 0) is 22.9 Å². The molecule has 9 heteroatoms. The third kappa shape index (κ3) is 3.65.